The summed E-state index contributed by atoms with van der Waals surface area (Å²) >= 11 is 0. The number of amides is 1. The highest BCUT2D eigenvalue weighted by atomic mass is 19.1. The highest BCUT2D eigenvalue weighted by Gasteiger charge is 2.22. The van der Waals surface area contributed by atoms with Crippen molar-refractivity contribution in [1.29, 1.82) is 0 Å². The summed E-state index contributed by atoms with van der Waals surface area (Å²) in [5, 5.41) is 8.63. The average molecular weight is 271 g/mol. The Kier molecular flexibility index (Phi) is 4.97. The average Bonchev–Trinajstić information content (AvgIpc) is 2.27. The molecule has 19 heavy (non-hydrogen) atoms. The van der Waals surface area contributed by atoms with Crippen LogP contribution in [0.15, 0.2) is 18.2 Å². The number of halogens is 2. The number of carbonyl (C=O) groups excluding carboxylic acids is 1. The lowest BCUT2D eigenvalue weighted by Crippen LogP contribution is -2.38. The molecular weight excluding hydrogens is 256 g/mol. The minimum Gasteiger partial charge on any atom is -0.481 e. The summed E-state index contributed by atoms with van der Waals surface area (Å²) in [6.07, 6.45) is -0.229. The van der Waals surface area contributed by atoms with Gasteiger partial charge in [0.05, 0.1) is 12.0 Å². The highest BCUT2D eigenvalue weighted by molar-refractivity contribution is 5.94. The van der Waals surface area contributed by atoms with Crippen molar-refractivity contribution >= 4 is 11.9 Å². The summed E-state index contributed by atoms with van der Waals surface area (Å²) in [7, 11) is 0. The number of carboxylic acid groups (broad SMARTS) is 1. The van der Waals surface area contributed by atoms with Crippen molar-refractivity contribution in [3.8, 4) is 0 Å². The van der Waals surface area contributed by atoms with E-state index in [1.54, 1.807) is 13.8 Å². The molecule has 0 atom stereocenters. The lowest BCUT2D eigenvalue weighted by atomic mass is 10.1. The third-order valence-electron chi connectivity index (χ3n) is 2.61. The first-order valence-electron chi connectivity index (χ1n) is 5.80. The number of rotatable bonds is 5. The van der Waals surface area contributed by atoms with Crippen molar-refractivity contribution in [2.75, 3.05) is 6.54 Å². The number of hydrogen-bond acceptors (Lipinski definition) is 2. The number of carboxylic acids is 1. The highest BCUT2D eigenvalue weighted by Crippen LogP contribution is 2.14. The summed E-state index contributed by atoms with van der Waals surface area (Å²) in [6, 6.07) is 2.40. The molecule has 0 spiro atoms. The fraction of sp³-hybridized carbons (Fsp3) is 0.385. The standard InChI is InChI=1S/C13H15F2NO3/c1-8(2)16(6-5-12(17)18)13(19)10-4-3-9(14)7-11(10)15/h3-4,7-8H,5-6H2,1-2H3,(H,17,18). The van der Waals surface area contributed by atoms with Gasteiger partial charge in [0, 0.05) is 18.7 Å². The molecule has 0 saturated carbocycles. The number of aliphatic carboxylic acids is 1. The van der Waals surface area contributed by atoms with E-state index in [1.165, 1.54) is 4.90 Å². The second kappa shape index (κ2) is 6.26. The fourth-order valence-corrected chi connectivity index (χ4v) is 1.63. The number of benzene rings is 1. The van der Waals surface area contributed by atoms with Crippen LogP contribution in [0.4, 0.5) is 8.78 Å². The first-order valence-corrected chi connectivity index (χ1v) is 5.80. The Balaban J connectivity index is 2.95. The van der Waals surface area contributed by atoms with Gasteiger partial charge in [-0.1, -0.05) is 0 Å². The van der Waals surface area contributed by atoms with E-state index in [1.807, 2.05) is 0 Å². The molecule has 0 radical (unpaired) electrons. The van der Waals surface area contributed by atoms with Crippen LogP contribution in [0.1, 0.15) is 30.6 Å². The van der Waals surface area contributed by atoms with Gasteiger partial charge in [-0.15, -0.1) is 0 Å². The Morgan fingerprint density at radius 1 is 1.32 bits per heavy atom. The molecule has 0 aliphatic carbocycles. The van der Waals surface area contributed by atoms with Crippen LogP contribution in [0, 0.1) is 11.6 Å². The Morgan fingerprint density at radius 3 is 2.42 bits per heavy atom. The number of hydrogen-bond donors (Lipinski definition) is 1. The largest absolute Gasteiger partial charge is 0.481 e. The molecule has 0 bridgehead atoms. The lowest BCUT2D eigenvalue weighted by molar-refractivity contribution is -0.137. The SMILES string of the molecule is CC(C)N(CCC(=O)O)C(=O)c1ccc(F)cc1F. The number of carbonyl (C=O) groups is 2. The van der Waals surface area contributed by atoms with E-state index in [0.717, 1.165) is 12.1 Å². The zero-order chi connectivity index (χ0) is 14.6. The van der Waals surface area contributed by atoms with E-state index in [-0.39, 0.29) is 24.6 Å². The molecule has 0 heterocycles. The Hall–Kier alpha value is -1.98. The Morgan fingerprint density at radius 2 is 1.95 bits per heavy atom. The third-order valence-corrected chi connectivity index (χ3v) is 2.61. The van der Waals surface area contributed by atoms with E-state index < -0.39 is 23.5 Å². The maximum atomic E-state index is 13.5. The monoisotopic (exact) mass is 271 g/mol. The Labute approximate surface area is 109 Å². The summed E-state index contributed by atoms with van der Waals surface area (Å²) in [6.45, 7) is 3.37. The third kappa shape index (κ3) is 4.01. The molecule has 0 fully saturated rings. The van der Waals surface area contributed by atoms with E-state index >= 15 is 0 Å². The molecule has 1 rings (SSSR count). The summed E-state index contributed by atoms with van der Waals surface area (Å²) in [4.78, 5) is 23.9. The van der Waals surface area contributed by atoms with Crippen molar-refractivity contribution in [2.24, 2.45) is 0 Å². The van der Waals surface area contributed by atoms with Gasteiger partial charge in [-0.3, -0.25) is 9.59 Å². The van der Waals surface area contributed by atoms with Crippen LogP contribution in [0.2, 0.25) is 0 Å². The van der Waals surface area contributed by atoms with Crippen LogP contribution in [-0.2, 0) is 4.79 Å². The maximum absolute atomic E-state index is 13.5. The van der Waals surface area contributed by atoms with E-state index in [0.29, 0.717) is 6.07 Å². The van der Waals surface area contributed by atoms with Gasteiger partial charge in [0.15, 0.2) is 0 Å². The van der Waals surface area contributed by atoms with Crippen LogP contribution >= 0.6 is 0 Å². The van der Waals surface area contributed by atoms with Gasteiger partial charge in [-0.05, 0) is 26.0 Å². The zero-order valence-electron chi connectivity index (χ0n) is 10.7. The first kappa shape index (κ1) is 15.1. The summed E-state index contributed by atoms with van der Waals surface area (Å²) < 4.78 is 26.3. The molecule has 1 amide bonds. The quantitative estimate of drug-likeness (QED) is 0.893. The topological polar surface area (TPSA) is 57.6 Å². The lowest BCUT2D eigenvalue weighted by Gasteiger charge is -2.26. The molecule has 1 aromatic rings. The van der Waals surface area contributed by atoms with E-state index in [9.17, 15) is 18.4 Å². The van der Waals surface area contributed by atoms with Crippen molar-refractivity contribution in [1.82, 2.24) is 4.90 Å². The van der Waals surface area contributed by atoms with E-state index in [2.05, 4.69) is 0 Å². The van der Waals surface area contributed by atoms with Crippen molar-refractivity contribution in [3.63, 3.8) is 0 Å². The second-order valence-electron chi connectivity index (χ2n) is 4.36. The van der Waals surface area contributed by atoms with Gasteiger partial charge in [0.25, 0.3) is 5.91 Å². The smallest absolute Gasteiger partial charge is 0.305 e. The van der Waals surface area contributed by atoms with Gasteiger partial charge in [0.2, 0.25) is 0 Å². The molecule has 1 aromatic carbocycles. The second-order valence-corrected chi connectivity index (χ2v) is 4.36. The van der Waals surface area contributed by atoms with Gasteiger partial charge < -0.3 is 10.0 Å². The van der Waals surface area contributed by atoms with Crippen LogP contribution in [-0.4, -0.2) is 34.5 Å². The van der Waals surface area contributed by atoms with Crippen LogP contribution in [0.5, 0.6) is 0 Å². The molecule has 0 aromatic heterocycles. The molecular formula is C13H15F2NO3. The molecule has 0 saturated heterocycles. The predicted molar refractivity (Wildman–Crippen MR) is 64.8 cm³/mol. The summed E-state index contributed by atoms with van der Waals surface area (Å²) in [5.41, 5.74) is -0.263. The first-order chi connectivity index (χ1) is 8.82. The van der Waals surface area contributed by atoms with Crippen LogP contribution < -0.4 is 0 Å². The maximum Gasteiger partial charge on any atom is 0.305 e. The van der Waals surface area contributed by atoms with Gasteiger partial charge >= 0.3 is 5.97 Å². The molecule has 1 N–H and O–H groups in total. The zero-order valence-corrected chi connectivity index (χ0v) is 10.7. The molecule has 0 aliphatic heterocycles. The molecule has 0 unspecified atom stereocenters. The van der Waals surface area contributed by atoms with Crippen LogP contribution in [0.25, 0.3) is 0 Å². The Bertz CT molecular complexity index is 489. The van der Waals surface area contributed by atoms with Crippen molar-refractivity contribution in [2.45, 2.75) is 26.3 Å². The molecule has 104 valence electrons. The molecule has 6 heteroatoms. The van der Waals surface area contributed by atoms with Gasteiger partial charge in [-0.2, -0.15) is 0 Å². The minimum atomic E-state index is -1.04. The minimum absolute atomic E-state index is 0.0251. The van der Waals surface area contributed by atoms with Crippen molar-refractivity contribution in [3.05, 3.63) is 35.4 Å². The van der Waals surface area contributed by atoms with Gasteiger partial charge in [-0.25, -0.2) is 8.78 Å². The fourth-order valence-electron chi connectivity index (χ4n) is 1.63. The van der Waals surface area contributed by atoms with Gasteiger partial charge in [0.1, 0.15) is 11.6 Å². The van der Waals surface area contributed by atoms with E-state index in [4.69, 9.17) is 5.11 Å². The summed E-state index contributed by atoms with van der Waals surface area (Å²) in [5.74, 6) is -3.41. The molecule has 4 nitrogen and oxygen atoms in total. The van der Waals surface area contributed by atoms with Crippen molar-refractivity contribution < 1.29 is 23.5 Å². The predicted octanol–water partition coefficient (Wildman–Crippen LogP) is 2.29. The normalized spacial score (nSPS) is 10.6. The number of nitrogens with zero attached hydrogens (tertiary/aromatic N) is 1. The van der Waals surface area contributed by atoms with Crippen LogP contribution in [0.3, 0.4) is 0 Å². The molecule has 0 aliphatic rings.